The molecule has 1 amide bonds. The van der Waals surface area contributed by atoms with Crippen molar-refractivity contribution in [2.75, 3.05) is 13.2 Å². The third-order valence-corrected chi connectivity index (χ3v) is 3.40. The van der Waals surface area contributed by atoms with Gasteiger partial charge in [0.15, 0.2) is 0 Å². The molecule has 1 atom stereocenters. The number of carbonyl (C=O) groups is 1. The summed E-state index contributed by atoms with van der Waals surface area (Å²) in [6, 6.07) is 0. The lowest BCUT2D eigenvalue weighted by atomic mass is 9.83. The Morgan fingerprint density at radius 3 is 2.73 bits per heavy atom. The van der Waals surface area contributed by atoms with Crippen LogP contribution in [0.25, 0.3) is 0 Å². The van der Waals surface area contributed by atoms with Crippen LogP contribution in [0.5, 0.6) is 0 Å². The lowest BCUT2D eigenvalue weighted by molar-refractivity contribution is -0.122. The highest BCUT2D eigenvalue weighted by Gasteiger charge is 2.20. The number of hydrogen-bond donors (Lipinski definition) is 2. The first-order valence-electron chi connectivity index (χ1n) is 6.13. The van der Waals surface area contributed by atoms with E-state index in [0.717, 1.165) is 19.4 Å². The normalized spacial score (nSPS) is 18.3. The van der Waals surface area contributed by atoms with Crippen molar-refractivity contribution >= 4 is 5.91 Å². The second-order valence-electron chi connectivity index (χ2n) is 4.59. The molecule has 0 aromatic heterocycles. The first-order valence-corrected chi connectivity index (χ1v) is 6.13. The van der Waals surface area contributed by atoms with Crippen molar-refractivity contribution < 1.29 is 9.90 Å². The highest BCUT2D eigenvalue weighted by atomic mass is 16.3. The fraction of sp³-hybridized carbons (Fsp3) is 0.917. The number of nitrogens with one attached hydrogen (secondary N) is 1. The Kier molecular flexibility index (Phi) is 5.69. The van der Waals surface area contributed by atoms with Crippen LogP contribution in [0.3, 0.4) is 0 Å². The highest BCUT2D eigenvalue weighted by molar-refractivity contribution is 5.76. The van der Waals surface area contributed by atoms with Gasteiger partial charge in [-0.3, -0.25) is 4.79 Å². The molecule has 0 radical (unpaired) electrons. The van der Waals surface area contributed by atoms with Gasteiger partial charge in [0, 0.05) is 19.6 Å². The monoisotopic (exact) mass is 213 g/mol. The Hall–Kier alpha value is -0.570. The zero-order valence-corrected chi connectivity index (χ0v) is 9.67. The number of amides is 1. The van der Waals surface area contributed by atoms with Gasteiger partial charge in [0.2, 0.25) is 5.91 Å². The smallest absolute Gasteiger partial charge is 0.220 e. The molecule has 2 N–H and O–H groups in total. The Balaban J connectivity index is 2.08. The van der Waals surface area contributed by atoms with Gasteiger partial charge in [-0.15, -0.1) is 0 Å². The van der Waals surface area contributed by atoms with Crippen LogP contribution in [0, 0.1) is 11.8 Å². The molecule has 1 fully saturated rings. The SMILES string of the molecule is CCC(CCO)CNC(=O)CC1CCC1. The maximum atomic E-state index is 11.5. The summed E-state index contributed by atoms with van der Waals surface area (Å²) in [6.07, 6.45) is 6.25. The Morgan fingerprint density at radius 1 is 1.53 bits per heavy atom. The molecule has 1 rings (SSSR count). The van der Waals surface area contributed by atoms with Crippen LogP contribution in [0.4, 0.5) is 0 Å². The maximum absolute atomic E-state index is 11.5. The van der Waals surface area contributed by atoms with Crippen LogP contribution in [0.2, 0.25) is 0 Å². The van der Waals surface area contributed by atoms with E-state index in [0.29, 0.717) is 18.3 Å². The molecule has 0 aromatic carbocycles. The third-order valence-electron chi connectivity index (χ3n) is 3.40. The molecule has 0 spiro atoms. The molecular formula is C12H23NO2. The second-order valence-corrected chi connectivity index (χ2v) is 4.59. The fourth-order valence-corrected chi connectivity index (χ4v) is 1.92. The average Bonchev–Trinajstić information content (AvgIpc) is 2.18. The van der Waals surface area contributed by atoms with Gasteiger partial charge < -0.3 is 10.4 Å². The van der Waals surface area contributed by atoms with Gasteiger partial charge in [0.05, 0.1) is 0 Å². The molecule has 0 aromatic rings. The summed E-state index contributed by atoms with van der Waals surface area (Å²) in [5.41, 5.74) is 0. The highest BCUT2D eigenvalue weighted by Crippen LogP contribution is 2.29. The summed E-state index contributed by atoms with van der Waals surface area (Å²) < 4.78 is 0. The van der Waals surface area contributed by atoms with Crippen LogP contribution in [0.15, 0.2) is 0 Å². The summed E-state index contributed by atoms with van der Waals surface area (Å²) in [6.45, 7) is 3.04. The number of carbonyl (C=O) groups excluding carboxylic acids is 1. The van der Waals surface area contributed by atoms with E-state index in [9.17, 15) is 4.79 Å². The van der Waals surface area contributed by atoms with Crippen molar-refractivity contribution in [1.29, 1.82) is 0 Å². The van der Waals surface area contributed by atoms with Crippen molar-refractivity contribution in [1.82, 2.24) is 5.32 Å². The number of rotatable bonds is 7. The molecule has 88 valence electrons. The van der Waals surface area contributed by atoms with Crippen molar-refractivity contribution in [2.24, 2.45) is 11.8 Å². The van der Waals surface area contributed by atoms with E-state index >= 15 is 0 Å². The quantitative estimate of drug-likeness (QED) is 0.676. The lowest BCUT2D eigenvalue weighted by Gasteiger charge is -2.25. The first kappa shape index (κ1) is 12.5. The maximum Gasteiger partial charge on any atom is 0.220 e. The van der Waals surface area contributed by atoms with E-state index in [2.05, 4.69) is 12.2 Å². The molecule has 15 heavy (non-hydrogen) atoms. The molecular weight excluding hydrogens is 190 g/mol. The van der Waals surface area contributed by atoms with E-state index in [-0.39, 0.29) is 12.5 Å². The molecule has 1 unspecified atom stereocenters. The van der Waals surface area contributed by atoms with E-state index in [1.165, 1.54) is 19.3 Å². The second kappa shape index (κ2) is 6.83. The zero-order chi connectivity index (χ0) is 11.1. The fourth-order valence-electron chi connectivity index (χ4n) is 1.92. The summed E-state index contributed by atoms with van der Waals surface area (Å²) in [5, 5.41) is 11.8. The molecule has 1 aliphatic carbocycles. The van der Waals surface area contributed by atoms with E-state index in [4.69, 9.17) is 5.11 Å². The van der Waals surface area contributed by atoms with Gasteiger partial charge in [0.1, 0.15) is 0 Å². The Morgan fingerprint density at radius 2 is 2.27 bits per heavy atom. The minimum absolute atomic E-state index is 0.191. The van der Waals surface area contributed by atoms with Crippen LogP contribution >= 0.6 is 0 Å². The zero-order valence-electron chi connectivity index (χ0n) is 9.67. The predicted molar refractivity (Wildman–Crippen MR) is 60.5 cm³/mol. The molecule has 0 heterocycles. The van der Waals surface area contributed by atoms with Gasteiger partial charge in [-0.2, -0.15) is 0 Å². The molecule has 0 saturated heterocycles. The largest absolute Gasteiger partial charge is 0.396 e. The topological polar surface area (TPSA) is 49.3 Å². The standard InChI is InChI=1S/C12H23NO2/c1-2-10(6-7-14)9-13-12(15)8-11-4-3-5-11/h10-11,14H,2-9H2,1H3,(H,13,15). The molecule has 0 aliphatic heterocycles. The predicted octanol–water partition coefficient (Wildman–Crippen LogP) is 1.70. The summed E-state index contributed by atoms with van der Waals surface area (Å²) >= 11 is 0. The molecule has 1 saturated carbocycles. The van der Waals surface area contributed by atoms with Gasteiger partial charge in [-0.1, -0.05) is 19.8 Å². The van der Waals surface area contributed by atoms with E-state index in [1.54, 1.807) is 0 Å². The lowest BCUT2D eigenvalue weighted by Crippen LogP contribution is -2.32. The van der Waals surface area contributed by atoms with Crippen molar-refractivity contribution in [3.63, 3.8) is 0 Å². The number of hydrogen-bond acceptors (Lipinski definition) is 2. The molecule has 3 heteroatoms. The summed E-state index contributed by atoms with van der Waals surface area (Å²) in [4.78, 5) is 11.5. The summed E-state index contributed by atoms with van der Waals surface area (Å²) in [5.74, 6) is 1.26. The molecule has 1 aliphatic rings. The first-order chi connectivity index (χ1) is 7.26. The van der Waals surface area contributed by atoms with Crippen LogP contribution in [-0.4, -0.2) is 24.2 Å². The van der Waals surface area contributed by atoms with Crippen LogP contribution < -0.4 is 5.32 Å². The van der Waals surface area contributed by atoms with Crippen molar-refractivity contribution in [2.45, 2.75) is 45.4 Å². The van der Waals surface area contributed by atoms with E-state index < -0.39 is 0 Å². The van der Waals surface area contributed by atoms with Crippen LogP contribution in [0.1, 0.15) is 45.4 Å². The minimum Gasteiger partial charge on any atom is -0.396 e. The van der Waals surface area contributed by atoms with Crippen LogP contribution in [-0.2, 0) is 4.79 Å². The Labute approximate surface area is 92.3 Å². The third kappa shape index (κ3) is 4.65. The molecule has 0 bridgehead atoms. The Bertz CT molecular complexity index is 190. The van der Waals surface area contributed by atoms with Gasteiger partial charge in [0.25, 0.3) is 0 Å². The van der Waals surface area contributed by atoms with Crippen molar-refractivity contribution in [3.05, 3.63) is 0 Å². The minimum atomic E-state index is 0.191. The number of aliphatic hydroxyl groups excluding tert-OH is 1. The van der Waals surface area contributed by atoms with Gasteiger partial charge >= 0.3 is 0 Å². The number of aliphatic hydroxyl groups is 1. The summed E-state index contributed by atoms with van der Waals surface area (Å²) in [7, 11) is 0. The van der Waals surface area contributed by atoms with Gasteiger partial charge in [-0.05, 0) is 31.1 Å². The van der Waals surface area contributed by atoms with Crippen molar-refractivity contribution in [3.8, 4) is 0 Å². The van der Waals surface area contributed by atoms with E-state index in [1.807, 2.05) is 0 Å². The van der Waals surface area contributed by atoms with Gasteiger partial charge in [-0.25, -0.2) is 0 Å². The average molecular weight is 213 g/mol. The molecule has 3 nitrogen and oxygen atoms in total.